The van der Waals surface area contributed by atoms with Gasteiger partial charge in [0.25, 0.3) is 0 Å². The van der Waals surface area contributed by atoms with Gasteiger partial charge in [0.2, 0.25) is 5.91 Å². The Morgan fingerprint density at radius 1 is 1.23 bits per heavy atom. The van der Waals surface area contributed by atoms with Crippen molar-refractivity contribution in [3.63, 3.8) is 0 Å². The predicted octanol–water partition coefficient (Wildman–Crippen LogP) is 3.58. The van der Waals surface area contributed by atoms with Crippen LogP contribution in [-0.2, 0) is 11.3 Å². The molecule has 0 radical (unpaired) electrons. The highest BCUT2D eigenvalue weighted by molar-refractivity contribution is 8.00. The molecule has 0 saturated carbocycles. The molecule has 0 saturated heterocycles. The van der Waals surface area contributed by atoms with Gasteiger partial charge in [-0.2, -0.15) is 0 Å². The SMILES string of the molecule is CN(Cc1cc2ccccc2o1)C(=O)CSc1ccncc1. The molecule has 22 heavy (non-hydrogen) atoms. The summed E-state index contributed by atoms with van der Waals surface area (Å²) in [7, 11) is 1.79. The fourth-order valence-corrected chi connectivity index (χ4v) is 2.95. The van der Waals surface area contributed by atoms with Gasteiger partial charge in [-0.15, -0.1) is 11.8 Å². The van der Waals surface area contributed by atoms with E-state index in [1.54, 1.807) is 24.3 Å². The molecule has 112 valence electrons. The Morgan fingerprint density at radius 3 is 2.77 bits per heavy atom. The molecule has 0 spiro atoms. The van der Waals surface area contributed by atoms with Gasteiger partial charge in [-0.25, -0.2) is 0 Å². The summed E-state index contributed by atoms with van der Waals surface area (Å²) in [5.74, 6) is 1.27. The summed E-state index contributed by atoms with van der Waals surface area (Å²) in [6.07, 6.45) is 3.45. The molecule has 3 rings (SSSR count). The summed E-state index contributed by atoms with van der Waals surface area (Å²) in [4.78, 5) is 18.9. The van der Waals surface area contributed by atoms with Crippen LogP contribution in [0.3, 0.4) is 0 Å². The largest absolute Gasteiger partial charge is 0.459 e. The monoisotopic (exact) mass is 312 g/mol. The summed E-state index contributed by atoms with van der Waals surface area (Å²) in [5, 5.41) is 1.06. The number of benzene rings is 1. The quantitative estimate of drug-likeness (QED) is 0.676. The number of hydrogen-bond donors (Lipinski definition) is 0. The standard InChI is InChI=1S/C17H16N2O2S/c1-19(17(20)12-22-15-6-8-18-9-7-15)11-14-10-13-4-2-3-5-16(13)21-14/h2-10H,11-12H2,1H3. The molecular formula is C17H16N2O2S. The number of furan rings is 1. The third-order valence-corrected chi connectivity index (χ3v) is 4.30. The predicted molar refractivity (Wildman–Crippen MR) is 87.6 cm³/mol. The topological polar surface area (TPSA) is 46.3 Å². The minimum Gasteiger partial charge on any atom is -0.459 e. The maximum absolute atomic E-state index is 12.2. The Balaban J connectivity index is 1.58. The summed E-state index contributed by atoms with van der Waals surface area (Å²) >= 11 is 1.51. The molecule has 0 fully saturated rings. The molecule has 5 heteroatoms. The first-order valence-corrected chi connectivity index (χ1v) is 7.95. The van der Waals surface area contributed by atoms with Crippen molar-refractivity contribution in [1.82, 2.24) is 9.88 Å². The van der Waals surface area contributed by atoms with Crippen LogP contribution < -0.4 is 0 Å². The lowest BCUT2D eigenvalue weighted by atomic mass is 10.2. The number of amides is 1. The number of rotatable bonds is 5. The average molecular weight is 312 g/mol. The molecule has 4 nitrogen and oxygen atoms in total. The maximum atomic E-state index is 12.2. The number of aromatic nitrogens is 1. The molecule has 0 N–H and O–H groups in total. The Bertz CT molecular complexity index is 737. The summed E-state index contributed by atoms with van der Waals surface area (Å²) in [6, 6.07) is 13.6. The van der Waals surface area contributed by atoms with Crippen LogP contribution in [0.4, 0.5) is 0 Å². The van der Waals surface area contributed by atoms with Gasteiger partial charge in [-0.05, 0) is 24.3 Å². The van der Waals surface area contributed by atoms with Crippen molar-refractivity contribution in [1.29, 1.82) is 0 Å². The van der Waals surface area contributed by atoms with Gasteiger partial charge >= 0.3 is 0 Å². The van der Waals surface area contributed by atoms with Gasteiger partial charge in [-0.1, -0.05) is 18.2 Å². The molecule has 0 aliphatic heterocycles. The van der Waals surface area contributed by atoms with Crippen LogP contribution in [-0.4, -0.2) is 28.6 Å². The number of nitrogens with zero attached hydrogens (tertiary/aromatic N) is 2. The zero-order valence-electron chi connectivity index (χ0n) is 12.2. The lowest BCUT2D eigenvalue weighted by Gasteiger charge is -2.15. The lowest BCUT2D eigenvalue weighted by molar-refractivity contribution is -0.127. The van der Waals surface area contributed by atoms with Crippen LogP contribution in [0.25, 0.3) is 11.0 Å². The van der Waals surface area contributed by atoms with E-state index in [9.17, 15) is 4.79 Å². The zero-order chi connectivity index (χ0) is 15.4. The van der Waals surface area contributed by atoms with E-state index in [4.69, 9.17) is 4.42 Å². The molecule has 3 aromatic rings. The molecular weight excluding hydrogens is 296 g/mol. The van der Waals surface area contributed by atoms with E-state index in [1.807, 2.05) is 42.5 Å². The maximum Gasteiger partial charge on any atom is 0.233 e. The van der Waals surface area contributed by atoms with Gasteiger partial charge in [0.05, 0.1) is 12.3 Å². The van der Waals surface area contributed by atoms with Crippen molar-refractivity contribution in [2.45, 2.75) is 11.4 Å². The molecule has 0 unspecified atom stereocenters. The van der Waals surface area contributed by atoms with Gasteiger partial charge in [0, 0.05) is 29.7 Å². The Morgan fingerprint density at radius 2 is 2.00 bits per heavy atom. The first-order chi connectivity index (χ1) is 10.7. The highest BCUT2D eigenvalue weighted by Crippen LogP contribution is 2.21. The van der Waals surface area contributed by atoms with Gasteiger partial charge < -0.3 is 9.32 Å². The summed E-state index contributed by atoms with van der Waals surface area (Å²) < 4.78 is 5.74. The van der Waals surface area contributed by atoms with E-state index >= 15 is 0 Å². The number of carbonyl (C=O) groups excluding carboxylic acids is 1. The second kappa shape index (κ2) is 6.66. The molecule has 0 aliphatic carbocycles. The minimum absolute atomic E-state index is 0.0715. The highest BCUT2D eigenvalue weighted by atomic mass is 32.2. The van der Waals surface area contributed by atoms with Crippen LogP contribution in [0.1, 0.15) is 5.76 Å². The first kappa shape index (κ1) is 14.7. The molecule has 0 aliphatic rings. The van der Waals surface area contributed by atoms with Gasteiger partial charge in [0.15, 0.2) is 0 Å². The van der Waals surface area contributed by atoms with E-state index in [1.165, 1.54) is 11.8 Å². The Kier molecular flexibility index (Phi) is 4.44. The number of carbonyl (C=O) groups is 1. The van der Waals surface area contributed by atoms with E-state index in [-0.39, 0.29) is 5.91 Å². The third-order valence-electron chi connectivity index (χ3n) is 3.31. The fraction of sp³-hybridized carbons (Fsp3) is 0.176. The van der Waals surface area contributed by atoms with Gasteiger partial charge in [-0.3, -0.25) is 9.78 Å². The molecule has 0 bridgehead atoms. The second-order valence-electron chi connectivity index (χ2n) is 4.97. The van der Waals surface area contributed by atoms with E-state index < -0.39 is 0 Å². The highest BCUT2D eigenvalue weighted by Gasteiger charge is 2.12. The van der Waals surface area contributed by atoms with Crippen molar-refractivity contribution in [2.75, 3.05) is 12.8 Å². The van der Waals surface area contributed by atoms with Crippen LogP contribution in [0.15, 0.2) is 64.2 Å². The van der Waals surface area contributed by atoms with Crippen LogP contribution in [0.2, 0.25) is 0 Å². The molecule has 1 aromatic carbocycles. The van der Waals surface area contributed by atoms with Gasteiger partial charge in [0.1, 0.15) is 11.3 Å². The van der Waals surface area contributed by atoms with Crippen molar-refractivity contribution >= 4 is 28.6 Å². The summed E-state index contributed by atoms with van der Waals surface area (Å²) in [5.41, 5.74) is 0.851. The van der Waals surface area contributed by atoms with Crippen LogP contribution >= 0.6 is 11.8 Å². The molecule has 1 amide bonds. The lowest BCUT2D eigenvalue weighted by Crippen LogP contribution is -2.27. The van der Waals surface area contributed by atoms with Crippen LogP contribution in [0, 0.1) is 0 Å². The number of thioether (sulfide) groups is 1. The van der Waals surface area contributed by atoms with Crippen LogP contribution in [0.5, 0.6) is 0 Å². The average Bonchev–Trinajstić information content (AvgIpc) is 2.95. The molecule has 2 aromatic heterocycles. The first-order valence-electron chi connectivity index (χ1n) is 6.96. The number of para-hydroxylation sites is 1. The van der Waals surface area contributed by atoms with E-state index in [2.05, 4.69) is 4.98 Å². The smallest absolute Gasteiger partial charge is 0.233 e. The van der Waals surface area contributed by atoms with Crippen molar-refractivity contribution < 1.29 is 9.21 Å². The number of pyridine rings is 1. The van der Waals surface area contributed by atoms with Crippen molar-refractivity contribution in [3.8, 4) is 0 Å². The zero-order valence-corrected chi connectivity index (χ0v) is 13.0. The molecule has 2 heterocycles. The minimum atomic E-state index is 0.0715. The van der Waals surface area contributed by atoms with Crippen molar-refractivity contribution in [2.24, 2.45) is 0 Å². The molecule has 0 atom stereocenters. The van der Waals surface area contributed by atoms with E-state index in [0.717, 1.165) is 21.6 Å². The van der Waals surface area contributed by atoms with E-state index in [0.29, 0.717) is 12.3 Å². The number of hydrogen-bond acceptors (Lipinski definition) is 4. The summed E-state index contributed by atoms with van der Waals surface area (Å²) in [6.45, 7) is 0.477. The third kappa shape index (κ3) is 3.49. The fourth-order valence-electron chi connectivity index (χ4n) is 2.13. The Labute approximate surface area is 133 Å². The second-order valence-corrected chi connectivity index (χ2v) is 6.02. The number of fused-ring (bicyclic) bond motifs is 1. The Hall–Kier alpha value is -2.27. The van der Waals surface area contributed by atoms with Crippen molar-refractivity contribution in [3.05, 3.63) is 60.6 Å². The normalized spacial score (nSPS) is 10.8.